The fraction of sp³-hybridized carbons (Fsp3) is 0.941. The molecule has 0 spiro atoms. The van der Waals surface area contributed by atoms with E-state index in [1.165, 1.54) is 45.3 Å². The largest absolute Gasteiger partial charge is 0.444 e. The van der Waals surface area contributed by atoms with Crippen LogP contribution in [0.5, 0.6) is 0 Å². The molecule has 1 aliphatic carbocycles. The molecule has 0 radical (unpaired) electrons. The van der Waals surface area contributed by atoms with E-state index >= 15 is 0 Å². The summed E-state index contributed by atoms with van der Waals surface area (Å²) in [6.07, 6.45) is 4.86. The standard InChI is InChI=1S/C17H31N3O2/c1-17(2,3)22-16(21)18-10-15(12-4-5-12)19-14-7-9-20-8-6-13(14)11-20/h12-15,19H,4-11H2,1-3H3,(H,18,21). The van der Waals surface area contributed by atoms with Crippen LogP contribution >= 0.6 is 0 Å². The molecule has 2 N–H and O–H groups in total. The van der Waals surface area contributed by atoms with E-state index in [9.17, 15) is 4.79 Å². The SMILES string of the molecule is CC(C)(C)OC(=O)NCC(NC1CCN2CCC1C2)C1CC1. The third-order valence-electron chi connectivity index (χ3n) is 5.12. The second kappa shape index (κ2) is 6.36. The number of nitrogens with zero attached hydrogens (tertiary/aromatic N) is 1. The van der Waals surface area contributed by atoms with E-state index in [0.717, 1.165) is 11.8 Å². The Kier molecular flexibility index (Phi) is 4.64. The normalized spacial score (nSPS) is 32.6. The molecule has 22 heavy (non-hydrogen) atoms. The van der Waals surface area contributed by atoms with Crippen molar-refractivity contribution in [2.45, 2.75) is 64.1 Å². The van der Waals surface area contributed by atoms with Crippen LogP contribution in [0, 0.1) is 11.8 Å². The lowest BCUT2D eigenvalue weighted by molar-refractivity contribution is 0.0518. The van der Waals surface area contributed by atoms with Gasteiger partial charge in [0, 0.05) is 25.2 Å². The highest BCUT2D eigenvalue weighted by atomic mass is 16.6. The minimum Gasteiger partial charge on any atom is -0.444 e. The zero-order chi connectivity index (χ0) is 15.7. The average Bonchev–Trinajstić information content (AvgIpc) is 3.19. The number of amides is 1. The van der Waals surface area contributed by atoms with Gasteiger partial charge in [0.15, 0.2) is 0 Å². The molecule has 4 atom stereocenters. The van der Waals surface area contributed by atoms with Crippen molar-refractivity contribution in [2.75, 3.05) is 26.2 Å². The van der Waals surface area contributed by atoms with Gasteiger partial charge in [-0.2, -0.15) is 0 Å². The van der Waals surface area contributed by atoms with E-state index in [1.807, 2.05) is 20.8 Å². The van der Waals surface area contributed by atoms with Crippen LogP contribution in [-0.2, 0) is 4.74 Å². The number of nitrogens with one attached hydrogen (secondary N) is 2. The molecule has 4 unspecified atom stereocenters. The summed E-state index contributed by atoms with van der Waals surface area (Å²) in [6.45, 7) is 10.1. The number of carbonyl (C=O) groups excluding carboxylic acids is 1. The van der Waals surface area contributed by atoms with E-state index < -0.39 is 5.60 Å². The molecule has 0 aromatic rings. The molecule has 2 heterocycles. The molecule has 3 rings (SSSR count). The van der Waals surface area contributed by atoms with Gasteiger partial charge in [0.05, 0.1) is 0 Å². The molecule has 0 aromatic carbocycles. The molecule has 2 aliphatic heterocycles. The smallest absolute Gasteiger partial charge is 0.407 e. The third kappa shape index (κ3) is 4.35. The van der Waals surface area contributed by atoms with Crippen molar-refractivity contribution < 1.29 is 9.53 Å². The number of alkyl carbamates (subject to hydrolysis) is 1. The van der Waals surface area contributed by atoms with Crippen molar-refractivity contribution in [1.29, 1.82) is 0 Å². The van der Waals surface area contributed by atoms with E-state index in [0.29, 0.717) is 18.6 Å². The van der Waals surface area contributed by atoms with Gasteiger partial charge >= 0.3 is 6.09 Å². The quantitative estimate of drug-likeness (QED) is 0.815. The Morgan fingerprint density at radius 1 is 1.23 bits per heavy atom. The average molecular weight is 309 g/mol. The Balaban J connectivity index is 1.47. The van der Waals surface area contributed by atoms with Crippen LogP contribution in [0.1, 0.15) is 46.5 Å². The van der Waals surface area contributed by atoms with Gasteiger partial charge in [0.25, 0.3) is 0 Å². The molecule has 126 valence electrons. The maximum atomic E-state index is 11.9. The number of rotatable bonds is 5. The molecule has 1 saturated carbocycles. The van der Waals surface area contributed by atoms with Crippen molar-refractivity contribution in [3.63, 3.8) is 0 Å². The van der Waals surface area contributed by atoms with Gasteiger partial charge in [-0.1, -0.05) is 0 Å². The number of hydrogen-bond acceptors (Lipinski definition) is 4. The molecule has 3 aliphatic rings. The van der Waals surface area contributed by atoms with Crippen molar-refractivity contribution in [1.82, 2.24) is 15.5 Å². The topological polar surface area (TPSA) is 53.6 Å². The Morgan fingerprint density at radius 2 is 1.95 bits per heavy atom. The zero-order valence-corrected chi connectivity index (χ0v) is 14.2. The highest BCUT2D eigenvalue weighted by Crippen LogP contribution is 2.34. The Hall–Kier alpha value is -0.810. The summed E-state index contributed by atoms with van der Waals surface area (Å²) in [5, 5.41) is 6.83. The Morgan fingerprint density at radius 3 is 2.64 bits per heavy atom. The van der Waals surface area contributed by atoms with Crippen LogP contribution < -0.4 is 10.6 Å². The summed E-state index contributed by atoms with van der Waals surface area (Å²) >= 11 is 0. The van der Waals surface area contributed by atoms with Crippen LogP contribution in [0.2, 0.25) is 0 Å². The first-order valence-electron chi connectivity index (χ1n) is 8.86. The van der Waals surface area contributed by atoms with Gasteiger partial charge < -0.3 is 20.3 Å². The lowest BCUT2D eigenvalue weighted by Gasteiger charge is -2.34. The van der Waals surface area contributed by atoms with Crippen LogP contribution in [0.4, 0.5) is 4.79 Å². The first-order chi connectivity index (χ1) is 10.4. The molecule has 2 saturated heterocycles. The molecular formula is C17H31N3O2. The summed E-state index contributed by atoms with van der Waals surface area (Å²) in [6, 6.07) is 1.04. The summed E-state index contributed by atoms with van der Waals surface area (Å²) in [5.41, 5.74) is -0.427. The molecule has 2 bridgehead atoms. The number of ether oxygens (including phenoxy) is 1. The minimum atomic E-state index is -0.427. The van der Waals surface area contributed by atoms with Crippen LogP contribution in [0.25, 0.3) is 0 Å². The third-order valence-corrected chi connectivity index (χ3v) is 5.12. The summed E-state index contributed by atoms with van der Waals surface area (Å²) < 4.78 is 5.34. The van der Waals surface area contributed by atoms with Crippen molar-refractivity contribution >= 4 is 6.09 Å². The zero-order valence-electron chi connectivity index (χ0n) is 14.2. The maximum absolute atomic E-state index is 11.9. The number of piperidine rings is 1. The van der Waals surface area contributed by atoms with Gasteiger partial charge in [-0.25, -0.2) is 4.79 Å². The predicted octanol–water partition coefficient (Wildman–Crippen LogP) is 1.97. The van der Waals surface area contributed by atoms with E-state index in [2.05, 4.69) is 15.5 Å². The van der Waals surface area contributed by atoms with Gasteiger partial charge in [0.2, 0.25) is 0 Å². The van der Waals surface area contributed by atoms with E-state index in [-0.39, 0.29) is 6.09 Å². The first kappa shape index (κ1) is 16.1. The highest BCUT2D eigenvalue weighted by molar-refractivity contribution is 5.67. The van der Waals surface area contributed by atoms with Crippen LogP contribution in [-0.4, -0.2) is 54.9 Å². The van der Waals surface area contributed by atoms with E-state index in [4.69, 9.17) is 4.74 Å². The minimum absolute atomic E-state index is 0.296. The highest BCUT2D eigenvalue weighted by Gasteiger charge is 2.38. The van der Waals surface area contributed by atoms with Gasteiger partial charge in [-0.15, -0.1) is 0 Å². The van der Waals surface area contributed by atoms with Gasteiger partial charge in [0.1, 0.15) is 5.60 Å². The fourth-order valence-corrected chi connectivity index (χ4v) is 3.81. The van der Waals surface area contributed by atoms with Crippen LogP contribution in [0.15, 0.2) is 0 Å². The number of carbonyl (C=O) groups is 1. The Bertz CT molecular complexity index is 403. The summed E-state index contributed by atoms with van der Waals surface area (Å²) in [7, 11) is 0. The van der Waals surface area contributed by atoms with Gasteiger partial charge in [-0.05, 0) is 71.4 Å². The summed E-state index contributed by atoms with van der Waals surface area (Å²) in [5.74, 6) is 1.53. The second-order valence-electron chi connectivity index (χ2n) is 8.24. The van der Waals surface area contributed by atoms with Crippen LogP contribution in [0.3, 0.4) is 0 Å². The molecular weight excluding hydrogens is 278 g/mol. The number of hydrogen-bond donors (Lipinski definition) is 2. The lowest BCUT2D eigenvalue weighted by Crippen LogP contribution is -2.52. The van der Waals surface area contributed by atoms with Crippen molar-refractivity contribution in [2.24, 2.45) is 11.8 Å². The lowest BCUT2D eigenvalue weighted by atomic mass is 9.93. The van der Waals surface area contributed by atoms with E-state index in [1.54, 1.807) is 0 Å². The van der Waals surface area contributed by atoms with Gasteiger partial charge in [-0.3, -0.25) is 0 Å². The molecule has 3 fully saturated rings. The molecule has 1 amide bonds. The second-order valence-corrected chi connectivity index (χ2v) is 8.24. The summed E-state index contributed by atoms with van der Waals surface area (Å²) in [4.78, 5) is 14.4. The molecule has 5 heteroatoms. The molecule has 0 aromatic heterocycles. The van der Waals surface area contributed by atoms with Crippen molar-refractivity contribution in [3.8, 4) is 0 Å². The first-order valence-corrected chi connectivity index (χ1v) is 8.86. The number of fused-ring (bicyclic) bond motifs is 2. The fourth-order valence-electron chi connectivity index (χ4n) is 3.81. The predicted molar refractivity (Wildman–Crippen MR) is 86.8 cm³/mol. The maximum Gasteiger partial charge on any atom is 0.407 e. The van der Waals surface area contributed by atoms with Crippen molar-refractivity contribution in [3.05, 3.63) is 0 Å². The molecule has 5 nitrogen and oxygen atoms in total. The monoisotopic (exact) mass is 309 g/mol. The Labute approximate surface area is 134 Å².